The van der Waals surface area contributed by atoms with Crippen LogP contribution in [0, 0.1) is 0 Å². The first kappa shape index (κ1) is 9.73. The Morgan fingerprint density at radius 1 is 1.23 bits per heavy atom. The van der Waals surface area contributed by atoms with Gasteiger partial charge in [-0.25, -0.2) is 4.79 Å². The Morgan fingerprint density at radius 2 is 1.85 bits per heavy atom. The highest BCUT2D eigenvalue weighted by atomic mass is 16.4. The van der Waals surface area contributed by atoms with E-state index in [9.17, 15) is 9.59 Å². The molecule has 0 atom stereocenters. The van der Waals surface area contributed by atoms with Gasteiger partial charge in [-0.1, -0.05) is 0 Å². The second kappa shape index (κ2) is 4.61. The van der Waals surface area contributed by atoms with E-state index in [4.69, 9.17) is 5.11 Å². The molecule has 13 heavy (non-hydrogen) atoms. The van der Waals surface area contributed by atoms with Gasteiger partial charge in [0.05, 0.1) is 0 Å². The van der Waals surface area contributed by atoms with Crippen molar-refractivity contribution < 1.29 is 14.7 Å². The highest BCUT2D eigenvalue weighted by molar-refractivity contribution is 5.93. The zero-order valence-corrected chi connectivity index (χ0v) is 7.19. The maximum atomic E-state index is 11.3. The van der Waals surface area contributed by atoms with E-state index in [0.29, 0.717) is 13.1 Å². The Balaban J connectivity index is 2.41. The summed E-state index contributed by atoms with van der Waals surface area (Å²) >= 11 is 0. The van der Waals surface area contributed by atoms with Crippen molar-refractivity contribution in [2.24, 2.45) is 0 Å². The van der Waals surface area contributed by atoms with Gasteiger partial charge in [0.1, 0.15) is 0 Å². The molecule has 1 fully saturated rings. The first-order valence-electron chi connectivity index (χ1n) is 4.11. The molecule has 0 aromatic rings. The van der Waals surface area contributed by atoms with E-state index in [1.807, 2.05) is 0 Å². The van der Waals surface area contributed by atoms with E-state index >= 15 is 0 Å². The molecule has 2 N–H and O–H groups in total. The number of aliphatic carboxylic acids is 1. The lowest BCUT2D eigenvalue weighted by Crippen LogP contribution is -2.45. The Morgan fingerprint density at radius 3 is 2.38 bits per heavy atom. The van der Waals surface area contributed by atoms with E-state index in [1.54, 1.807) is 4.90 Å². The summed E-state index contributed by atoms with van der Waals surface area (Å²) in [5, 5.41) is 11.4. The molecule has 1 rings (SSSR count). The lowest BCUT2D eigenvalue weighted by atomic mass is 10.3. The summed E-state index contributed by atoms with van der Waals surface area (Å²) in [5.74, 6) is -1.33. The number of amides is 1. The number of carboxylic acids is 1. The number of rotatable bonds is 2. The number of carbonyl (C=O) groups excluding carboxylic acids is 1. The van der Waals surface area contributed by atoms with E-state index in [1.165, 1.54) is 0 Å². The molecule has 0 aromatic heterocycles. The highest BCUT2D eigenvalue weighted by Crippen LogP contribution is 1.94. The molecular formula is C8H12N2O3. The minimum Gasteiger partial charge on any atom is -0.478 e. The fourth-order valence-electron chi connectivity index (χ4n) is 1.13. The number of carbonyl (C=O) groups is 2. The van der Waals surface area contributed by atoms with Gasteiger partial charge in [0.2, 0.25) is 5.91 Å². The van der Waals surface area contributed by atoms with Gasteiger partial charge >= 0.3 is 5.97 Å². The summed E-state index contributed by atoms with van der Waals surface area (Å²) < 4.78 is 0. The van der Waals surface area contributed by atoms with Gasteiger partial charge in [-0.05, 0) is 0 Å². The average molecular weight is 184 g/mol. The van der Waals surface area contributed by atoms with Gasteiger partial charge in [0, 0.05) is 38.3 Å². The third kappa shape index (κ3) is 3.25. The number of hydrogen-bond donors (Lipinski definition) is 2. The number of hydrogen-bond acceptors (Lipinski definition) is 3. The fourth-order valence-corrected chi connectivity index (χ4v) is 1.13. The smallest absolute Gasteiger partial charge is 0.328 e. The van der Waals surface area contributed by atoms with Gasteiger partial charge in [0.15, 0.2) is 0 Å². The first-order chi connectivity index (χ1) is 6.20. The molecule has 1 amide bonds. The molecule has 0 aliphatic carbocycles. The van der Waals surface area contributed by atoms with Crippen LogP contribution in [0.1, 0.15) is 0 Å². The highest BCUT2D eigenvalue weighted by Gasteiger charge is 2.13. The van der Waals surface area contributed by atoms with Crippen molar-refractivity contribution in [1.82, 2.24) is 10.2 Å². The van der Waals surface area contributed by atoms with Gasteiger partial charge in [-0.2, -0.15) is 0 Å². The van der Waals surface area contributed by atoms with Crippen LogP contribution >= 0.6 is 0 Å². The predicted octanol–water partition coefficient (Wildman–Crippen LogP) is -0.941. The van der Waals surface area contributed by atoms with Crippen LogP contribution in [0.3, 0.4) is 0 Å². The van der Waals surface area contributed by atoms with Gasteiger partial charge in [0.25, 0.3) is 0 Å². The summed E-state index contributed by atoms with van der Waals surface area (Å²) in [6.07, 6.45) is 1.96. The third-order valence-electron chi connectivity index (χ3n) is 1.80. The quantitative estimate of drug-likeness (QED) is 0.543. The van der Waals surface area contributed by atoms with Crippen molar-refractivity contribution in [3.05, 3.63) is 12.2 Å². The fraction of sp³-hybridized carbons (Fsp3) is 0.500. The second-order valence-electron chi connectivity index (χ2n) is 2.75. The van der Waals surface area contributed by atoms with Crippen LogP contribution in [0.15, 0.2) is 12.2 Å². The topological polar surface area (TPSA) is 69.6 Å². The summed E-state index contributed by atoms with van der Waals surface area (Å²) in [6, 6.07) is 0. The van der Waals surface area contributed by atoms with Crippen molar-refractivity contribution in [2.75, 3.05) is 26.2 Å². The Kier molecular flexibility index (Phi) is 3.45. The van der Waals surface area contributed by atoms with Crippen LogP contribution in [-0.4, -0.2) is 48.1 Å². The first-order valence-corrected chi connectivity index (χ1v) is 4.11. The standard InChI is InChI=1S/C8H12N2O3/c11-7(1-2-8(12)13)10-5-3-9-4-6-10/h1-2,9H,3-6H2,(H,12,13)/b2-1+. The van der Waals surface area contributed by atoms with Crippen molar-refractivity contribution in [1.29, 1.82) is 0 Å². The van der Waals surface area contributed by atoms with Crippen LogP contribution in [0.2, 0.25) is 0 Å². The molecule has 1 heterocycles. The zero-order chi connectivity index (χ0) is 9.68. The average Bonchev–Trinajstić information content (AvgIpc) is 2.15. The van der Waals surface area contributed by atoms with Crippen molar-refractivity contribution in [3.8, 4) is 0 Å². The molecular weight excluding hydrogens is 172 g/mol. The number of nitrogens with zero attached hydrogens (tertiary/aromatic N) is 1. The molecule has 5 heteroatoms. The van der Waals surface area contributed by atoms with E-state index in [-0.39, 0.29) is 5.91 Å². The predicted molar refractivity (Wildman–Crippen MR) is 46.2 cm³/mol. The van der Waals surface area contributed by atoms with Crippen molar-refractivity contribution >= 4 is 11.9 Å². The van der Waals surface area contributed by atoms with Crippen LogP contribution in [0.4, 0.5) is 0 Å². The second-order valence-corrected chi connectivity index (χ2v) is 2.75. The Labute approximate surface area is 76.0 Å². The largest absolute Gasteiger partial charge is 0.478 e. The van der Waals surface area contributed by atoms with Crippen LogP contribution in [-0.2, 0) is 9.59 Å². The van der Waals surface area contributed by atoms with Crippen LogP contribution < -0.4 is 5.32 Å². The maximum Gasteiger partial charge on any atom is 0.328 e. The molecule has 1 saturated heterocycles. The summed E-state index contributed by atoms with van der Waals surface area (Å²) in [5.41, 5.74) is 0. The normalized spacial score (nSPS) is 17.7. The Hall–Kier alpha value is -1.36. The number of nitrogens with one attached hydrogen (secondary N) is 1. The van der Waals surface area contributed by atoms with E-state index in [2.05, 4.69) is 5.32 Å². The van der Waals surface area contributed by atoms with Gasteiger partial charge < -0.3 is 15.3 Å². The van der Waals surface area contributed by atoms with Gasteiger partial charge in [-0.3, -0.25) is 4.79 Å². The molecule has 0 unspecified atom stereocenters. The minimum absolute atomic E-state index is 0.232. The minimum atomic E-state index is -1.09. The monoisotopic (exact) mass is 184 g/mol. The molecule has 72 valence electrons. The molecule has 0 bridgehead atoms. The molecule has 1 aliphatic heterocycles. The molecule has 0 aromatic carbocycles. The van der Waals surface area contributed by atoms with E-state index in [0.717, 1.165) is 25.2 Å². The lowest BCUT2D eigenvalue weighted by molar-refractivity contribution is -0.132. The van der Waals surface area contributed by atoms with Gasteiger partial charge in [-0.15, -0.1) is 0 Å². The number of carboxylic acid groups (broad SMARTS) is 1. The van der Waals surface area contributed by atoms with E-state index < -0.39 is 5.97 Å². The summed E-state index contributed by atoms with van der Waals surface area (Å²) in [7, 11) is 0. The molecule has 5 nitrogen and oxygen atoms in total. The maximum absolute atomic E-state index is 11.3. The van der Waals surface area contributed by atoms with Crippen LogP contribution in [0.5, 0.6) is 0 Å². The molecule has 0 radical (unpaired) electrons. The molecule has 1 aliphatic rings. The lowest BCUT2D eigenvalue weighted by Gasteiger charge is -2.26. The van der Waals surface area contributed by atoms with Crippen LogP contribution in [0.25, 0.3) is 0 Å². The van der Waals surface area contributed by atoms with Crippen molar-refractivity contribution in [3.63, 3.8) is 0 Å². The van der Waals surface area contributed by atoms with Crippen molar-refractivity contribution in [2.45, 2.75) is 0 Å². The number of piperazine rings is 1. The summed E-state index contributed by atoms with van der Waals surface area (Å²) in [4.78, 5) is 23.0. The molecule has 0 spiro atoms. The molecule has 0 saturated carbocycles. The zero-order valence-electron chi connectivity index (χ0n) is 7.19. The SMILES string of the molecule is O=C(O)/C=C/C(=O)N1CCNCC1. The summed E-state index contributed by atoms with van der Waals surface area (Å²) in [6.45, 7) is 2.82. The Bertz CT molecular complexity index is 232. The third-order valence-corrected chi connectivity index (χ3v) is 1.80.